The van der Waals surface area contributed by atoms with Gasteiger partial charge >= 0.3 is 0 Å². The highest BCUT2D eigenvalue weighted by atomic mass is 32.2. The number of ether oxygens (including phenoxy) is 1. The first-order valence-corrected chi connectivity index (χ1v) is 13.4. The molecule has 0 bridgehead atoms. The highest BCUT2D eigenvalue weighted by Crippen LogP contribution is 2.33. The van der Waals surface area contributed by atoms with Crippen LogP contribution in [-0.2, 0) is 27.6 Å². The monoisotopic (exact) mass is 505 g/mol. The molecule has 11 heteroatoms. The van der Waals surface area contributed by atoms with Crippen LogP contribution in [0, 0.1) is 5.82 Å². The second-order valence-corrected chi connectivity index (χ2v) is 11.5. The average molecular weight is 506 g/mol. The second kappa shape index (κ2) is 10.4. The highest BCUT2D eigenvalue weighted by Gasteiger charge is 2.35. The quantitative estimate of drug-likeness (QED) is 0.542. The number of aromatic nitrogens is 2. The number of rotatable bonds is 8. The van der Waals surface area contributed by atoms with Gasteiger partial charge in [-0.05, 0) is 38.8 Å². The number of anilines is 2. The van der Waals surface area contributed by atoms with E-state index in [0.717, 1.165) is 36.7 Å². The van der Waals surface area contributed by atoms with E-state index >= 15 is 0 Å². The Bertz CT molecular complexity index is 1180. The van der Waals surface area contributed by atoms with Crippen molar-refractivity contribution in [3.63, 3.8) is 0 Å². The summed E-state index contributed by atoms with van der Waals surface area (Å²) in [5, 5.41) is 2.69. The van der Waals surface area contributed by atoms with Gasteiger partial charge in [0.05, 0.1) is 30.3 Å². The number of sulfone groups is 1. The topological polar surface area (TPSA) is 105 Å². The minimum atomic E-state index is -3.83. The lowest BCUT2D eigenvalue weighted by molar-refractivity contribution is -0.109. The van der Waals surface area contributed by atoms with E-state index in [4.69, 9.17) is 14.7 Å². The summed E-state index contributed by atoms with van der Waals surface area (Å²) < 4.78 is 45.9. The summed E-state index contributed by atoms with van der Waals surface area (Å²) >= 11 is 0. The van der Waals surface area contributed by atoms with Gasteiger partial charge in [-0.1, -0.05) is 0 Å². The van der Waals surface area contributed by atoms with Crippen molar-refractivity contribution in [2.75, 3.05) is 43.5 Å². The van der Waals surface area contributed by atoms with Crippen LogP contribution in [0.5, 0.6) is 5.75 Å². The van der Waals surface area contributed by atoms with E-state index < -0.39 is 20.9 Å². The van der Waals surface area contributed by atoms with Crippen LogP contribution in [0.1, 0.15) is 38.1 Å². The van der Waals surface area contributed by atoms with E-state index in [1.807, 2.05) is 23.6 Å². The fourth-order valence-corrected chi connectivity index (χ4v) is 6.40. The second-order valence-electron chi connectivity index (χ2n) is 9.27. The number of nitrogens with one attached hydrogen (secondary N) is 1. The van der Waals surface area contributed by atoms with Gasteiger partial charge in [0.15, 0.2) is 21.5 Å². The third kappa shape index (κ3) is 5.40. The maximum atomic E-state index is 14.5. The Morgan fingerprint density at radius 1 is 1.20 bits per heavy atom. The van der Waals surface area contributed by atoms with Crippen molar-refractivity contribution in [3.05, 3.63) is 35.4 Å². The summed E-state index contributed by atoms with van der Waals surface area (Å²) in [6, 6.07) is 3.99. The Hall–Kier alpha value is -2.79. The van der Waals surface area contributed by atoms with Crippen LogP contribution in [-0.4, -0.2) is 74.2 Å². The largest absolute Gasteiger partial charge is 0.497 e. The molecule has 35 heavy (non-hydrogen) atoms. The molecule has 190 valence electrons. The summed E-state index contributed by atoms with van der Waals surface area (Å²) in [7, 11) is -2.42. The molecular formula is C24H32FN5O4S. The molecule has 2 aliphatic rings. The molecule has 2 aliphatic heterocycles. The molecule has 0 aliphatic carbocycles. The smallest absolute Gasteiger partial charge is 0.184 e. The van der Waals surface area contributed by atoms with E-state index in [0.29, 0.717) is 50.7 Å². The molecule has 1 aromatic heterocycles. The van der Waals surface area contributed by atoms with Crippen molar-refractivity contribution in [1.29, 1.82) is 0 Å². The van der Waals surface area contributed by atoms with Gasteiger partial charge in [-0.15, -0.1) is 0 Å². The van der Waals surface area contributed by atoms with Crippen LogP contribution < -0.4 is 15.0 Å². The van der Waals surface area contributed by atoms with Crippen LogP contribution in [0.3, 0.4) is 0 Å². The predicted octanol–water partition coefficient (Wildman–Crippen LogP) is 2.44. The molecule has 1 N–H and O–H groups in total. The van der Waals surface area contributed by atoms with Gasteiger partial charge in [0.1, 0.15) is 22.7 Å². The maximum absolute atomic E-state index is 14.5. The molecule has 3 heterocycles. The van der Waals surface area contributed by atoms with Crippen LogP contribution in [0.15, 0.2) is 23.1 Å². The number of fused-ring (bicyclic) bond motifs is 1. The standard InChI is InChI=1S/C24H32FN5O4S/c1-16(2)26-23-24(28-21-15-29(12-13-31)9-8-20(21)27-23)30-10-6-18(7-11-30)35(32,33)22-5-4-17(34-3)14-19(22)25/h4-5,13-14,16,18H,6-12,15H2,1-3H3,(H,26,27). The van der Waals surface area contributed by atoms with Crippen molar-refractivity contribution >= 4 is 27.8 Å². The first-order chi connectivity index (χ1) is 16.7. The number of piperidine rings is 1. The summed E-state index contributed by atoms with van der Waals surface area (Å²) in [6.07, 6.45) is 2.32. The third-order valence-electron chi connectivity index (χ3n) is 6.45. The Morgan fingerprint density at radius 2 is 1.94 bits per heavy atom. The van der Waals surface area contributed by atoms with Gasteiger partial charge in [-0.25, -0.2) is 22.8 Å². The van der Waals surface area contributed by atoms with Crippen LogP contribution in [0.4, 0.5) is 16.0 Å². The lowest BCUT2D eigenvalue weighted by Gasteiger charge is -2.35. The normalized spacial score (nSPS) is 17.3. The zero-order chi connectivity index (χ0) is 25.2. The zero-order valence-electron chi connectivity index (χ0n) is 20.3. The Morgan fingerprint density at radius 3 is 2.57 bits per heavy atom. The maximum Gasteiger partial charge on any atom is 0.184 e. The summed E-state index contributed by atoms with van der Waals surface area (Å²) in [6.45, 7) is 6.63. The summed E-state index contributed by atoms with van der Waals surface area (Å²) in [4.78, 5) is 24.5. The number of hydrogen-bond acceptors (Lipinski definition) is 9. The number of methoxy groups -OCH3 is 1. The SMILES string of the molecule is COc1ccc(S(=O)(=O)C2CCN(c3nc4c(nc3NC(C)C)CCN(CC=O)C4)CC2)c(F)c1. The molecule has 0 amide bonds. The fourth-order valence-electron chi connectivity index (χ4n) is 4.63. The van der Waals surface area contributed by atoms with Crippen molar-refractivity contribution in [3.8, 4) is 5.75 Å². The van der Waals surface area contributed by atoms with E-state index in [1.54, 1.807) is 0 Å². The first kappa shape index (κ1) is 25.3. The Balaban J connectivity index is 1.55. The van der Waals surface area contributed by atoms with Gasteiger partial charge in [0.2, 0.25) is 0 Å². The van der Waals surface area contributed by atoms with Crippen molar-refractivity contribution < 1.29 is 22.3 Å². The fraction of sp³-hybridized carbons (Fsp3) is 0.542. The molecule has 1 saturated heterocycles. The summed E-state index contributed by atoms with van der Waals surface area (Å²) in [5.41, 5.74) is 1.77. The molecule has 0 unspecified atom stereocenters. The van der Waals surface area contributed by atoms with Gasteiger partial charge in [0, 0.05) is 44.7 Å². The van der Waals surface area contributed by atoms with E-state index in [9.17, 15) is 17.6 Å². The van der Waals surface area contributed by atoms with E-state index in [1.165, 1.54) is 19.2 Å². The molecule has 4 rings (SSSR count). The number of carbonyl (C=O) groups excluding carboxylic acids is 1. The molecule has 0 radical (unpaired) electrons. The van der Waals surface area contributed by atoms with Gasteiger partial charge in [-0.3, -0.25) is 4.90 Å². The number of nitrogens with zero attached hydrogens (tertiary/aromatic N) is 4. The number of benzene rings is 1. The molecule has 1 fully saturated rings. The Labute approximate surface area is 205 Å². The average Bonchev–Trinajstić information content (AvgIpc) is 2.83. The van der Waals surface area contributed by atoms with E-state index in [2.05, 4.69) is 5.32 Å². The predicted molar refractivity (Wildman–Crippen MR) is 131 cm³/mol. The molecule has 0 spiro atoms. The van der Waals surface area contributed by atoms with Crippen LogP contribution in [0.25, 0.3) is 0 Å². The van der Waals surface area contributed by atoms with Gasteiger partial charge in [-0.2, -0.15) is 0 Å². The minimum Gasteiger partial charge on any atom is -0.497 e. The van der Waals surface area contributed by atoms with Gasteiger partial charge < -0.3 is 19.7 Å². The molecule has 2 aromatic rings. The van der Waals surface area contributed by atoms with Gasteiger partial charge in [0.25, 0.3) is 0 Å². The van der Waals surface area contributed by atoms with Crippen LogP contribution >= 0.6 is 0 Å². The lowest BCUT2D eigenvalue weighted by Crippen LogP contribution is -2.41. The number of halogens is 1. The first-order valence-electron chi connectivity index (χ1n) is 11.9. The number of hydrogen-bond donors (Lipinski definition) is 1. The zero-order valence-corrected chi connectivity index (χ0v) is 21.1. The number of carbonyl (C=O) groups is 1. The Kier molecular flexibility index (Phi) is 7.56. The van der Waals surface area contributed by atoms with Crippen molar-refractivity contribution in [2.45, 2.75) is 55.8 Å². The van der Waals surface area contributed by atoms with Crippen molar-refractivity contribution in [1.82, 2.24) is 14.9 Å². The molecule has 9 nitrogen and oxygen atoms in total. The van der Waals surface area contributed by atoms with E-state index in [-0.39, 0.29) is 16.7 Å². The highest BCUT2D eigenvalue weighted by molar-refractivity contribution is 7.92. The number of aldehydes is 1. The molecule has 0 atom stereocenters. The van der Waals surface area contributed by atoms with Crippen LogP contribution in [0.2, 0.25) is 0 Å². The summed E-state index contributed by atoms with van der Waals surface area (Å²) in [5.74, 6) is 0.858. The minimum absolute atomic E-state index is 0.146. The molecular weight excluding hydrogens is 473 g/mol. The third-order valence-corrected chi connectivity index (χ3v) is 8.75. The molecule has 0 saturated carbocycles. The van der Waals surface area contributed by atoms with Crippen molar-refractivity contribution in [2.24, 2.45) is 0 Å². The lowest BCUT2D eigenvalue weighted by atomic mass is 10.1. The molecule has 1 aromatic carbocycles.